The predicted molar refractivity (Wildman–Crippen MR) is 98.0 cm³/mol. The number of nitrogens with zero attached hydrogens (tertiary/aromatic N) is 3. The van der Waals surface area contributed by atoms with Gasteiger partial charge in [-0.1, -0.05) is 42.1 Å². The number of hydrogen-bond acceptors (Lipinski definition) is 5. The maximum atomic E-state index is 9.78. The maximum absolute atomic E-state index is 9.78. The highest BCUT2D eigenvalue weighted by molar-refractivity contribution is 7.99. The lowest BCUT2D eigenvalue weighted by molar-refractivity contribution is -0.00188. The molecule has 24 heavy (non-hydrogen) atoms. The molecule has 1 saturated heterocycles. The molecular formula is C19H21N3OS. The molecule has 0 aliphatic carbocycles. The molecular weight excluding hydrogens is 318 g/mol. The molecule has 1 N–H and O–H groups in total. The first-order valence-corrected chi connectivity index (χ1v) is 9.16. The molecule has 0 aromatic heterocycles. The minimum atomic E-state index is -0.383. The zero-order valence-corrected chi connectivity index (χ0v) is 14.5. The maximum Gasteiger partial charge on any atom is 0.137 e. The first-order chi connectivity index (χ1) is 11.7. The Kier molecular flexibility index (Phi) is 4.31. The number of amidine groups is 1. The number of para-hydroxylation sites is 1. The van der Waals surface area contributed by atoms with Crippen molar-refractivity contribution < 1.29 is 5.11 Å². The van der Waals surface area contributed by atoms with Crippen molar-refractivity contribution in [3.05, 3.63) is 54.1 Å². The van der Waals surface area contributed by atoms with Crippen LogP contribution < -0.4 is 0 Å². The van der Waals surface area contributed by atoms with E-state index in [0.29, 0.717) is 0 Å². The van der Waals surface area contributed by atoms with Gasteiger partial charge in [0.05, 0.1) is 5.69 Å². The molecule has 2 aliphatic rings. The second-order valence-electron chi connectivity index (χ2n) is 6.16. The molecule has 5 heteroatoms. The minimum Gasteiger partial charge on any atom is -0.379 e. The van der Waals surface area contributed by atoms with Crippen LogP contribution in [0.3, 0.4) is 0 Å². The molecule has 4 rings (SSSR count). The second kappa shape index (κ2) is 6.59. The summed E-state index contributed by atoms with van der Waals surface area (Å²) in [6.07, 6.45) is -0.383. The molecule has 0 bridgehead atoms. The Hall–Kier alpha value is -1.82. The summed E-state index contributed by atoms with van der Waals surface area (Å²) in [6, 6.07) is 16.8. The SMILES string of the molecule is CC(O)N1CCN(C2=Nc3ccccc3Sc3ccccc32)CC1. The highest BCUT2D eigenvalue weighted by Crippen LogP contribution is 2.40. The standard InChI is InChI=1S/C19H21N3OS/c1-14(23)21-10-12-22(13-11-21)19-15-6-2-4-8-17(15)24-18-9-5-3-7-16(18)20-19/h2-9,14,23H,10-13H2,1H3. The molecule has 4 nitrogen and oxygen atoms in total. The first-order valence-electron chi connectivity index (χ1n) is 8.34. The lowest BCUT2D eigenvalue weighted by Crippen LogP contribution is -2.51. The first kappa shape index (κ1) is 15.7. The summed E-state index contributed by atoms with van der Waals surface area (Å²) in [5.41, 5.74) is 2.23. The Morgan fingerprint density at radius 1 is 0.958 bits per heavy atom. The van der Waals surface area contributed by atoms with E-state index in [1.165, 1.54) is 15.4 Å². The molecule has 1 unspecified atom stereocenters. The zero-order chi connectivity index (χ0) is 16.5. The van der Waals surface area contributed by atoms with Crippen LogP contribution >= 0.6 is 11.8 Å². The summed E-state index contributed by atoms with van der Waals surface area (Å²) in [4.78, 5) is 11.9. The number of aliphatic hydroxyl groups is 1. The quantitative estimate of drug-likeness (QED) is 0.866. The van der Waals surface area contributed by atoms with Crippen molar-refractivity contribution >= 4 is 23.3 Å². The van der Waals surface area contributed by atoms with Gasteiger partial charge in [0, 0.05) is 41.5 Å². The number of fused-ring (bicyclic) bond motifs is 2. The van der Waals surface area contributed by atoms with Crippen LogP contribution in [-0.2, 0) is 0 Å². The van der Waals surface area contributed by atoms with Gasteiger partial charge in [-0.25, -0.2) is 4.99 Å². The fourth-order valence-electron chi connectivity index (χ4n) is 3.22. The smallest absolute Gasteiger partial charge is 0.137 e. The average molecular weight is 339 g/mol. The fraction of sp³-hybridized carbons (Fsp3) is 0.316. The highest BCUT2D eigenvalue weighted by atomic mass is 32.2. The van der Waals surface area contributed by atoms with Crippen molar-refractivity contribution in [1.82, 2.24) is 9.80 Å². The van der Waals surface area contributed by atoms with Crippen LogP contribution in [0.25, 0.3) is 0 Å². The second-order valence-corrected chi connectivity index (χ2v) is 7.24. The number of piperazine rings is 1. The van der Waals surface area contributed by atoms with E-state index < -0.39 is 0 Å². The number of rotatable bonds is 1. The van der Waals surface area contributed by atoms with Gasteiger partial charge in [0.15, 0.2) is 0 Å². The van der Waals surface area contributed by atoms with E-state index in [1.807, 2.05) is 13.0 Å². The van der Waals surface area contributed by atoms with Crippen molar-refractivity contribution in [3.8, 4) is 0 Å². The van der Waals surface area contributed by atoms with Gasteiger partial charge in [0.2, 0.25) is 0 Å². The third kappa shape index (κ3) is 2.95. The molecule has 0 amide bonds. The summed E-state index contributed by atoms with van der Waals surface area (Å²) >= 11 is 1.78. The van der Waals surface area contributed by atoms with Crippen LogP contribution in [0.15, 0.2) is 63.3 Å². The van der Waals surface area contributed by atoms with E-state index in [1.54, 1.807) is 11.8 Å². The molecule has 2 heterocycles. The molecule has 2 aromatic rings. The number of benzene rings is 2. The largest absolute Gasteiger partial charge is 0.379 e. The van der Waals surface area contributed by atoms with E-state index in [4.69, 9.17) is 4.99 Å². The monoisotopic (exact) mass is 339 g/mol. The summed E-state index contributed by atoms with van der Waals surface area (Å²) < 4.78 is 0. The topological polar surface area (TPSA) is 39.1 Å². The molecule has 124 valence electrons. The van der Waals surface area contributed by atoms with E-state index in [9.17, 15) is 5.11 Å². The van der Waals surface area contributed by atoms with Gasteiger partial charge in [-0.15, -0.1) is 0 Å². The normalized spacial score (nSPS) is 19.1. The third-order valence-electron chi connectivity index (χ3n) is 4.58. The Morgan fingerprint density at radius 2 is 1.62 bits per heavy atom. The number of aliphatic hydroxyl groups excluding tert-OH is 1. The predicted octanol–water partition coefficient (Wildman–Crippen LogP) is 3.19. The van der Waals surface area contributed by atoms with Gasteiger partial charge >= 0.3 is 0 Å². The van der Waals surface area contributed by atoms with Crippen LogP contribution in [0.4, 0.5) is 5.69 Å². The fourth-order valence-corrected chi connectivity index (χ4v) is 4.24. The number of aliphatic imine (C=N–C) groups is 1. The average Bonchev–Trinajstić information content (AvgIpc) is 2.78. The Morgan fingerprint density at radius 3 is 2.38 bits per heavy atom. The van der Waals surface area contributed by atoms with Crippen LogP contribution in [0.2, 0.25) is 0 Å². The van der Waals surface area contributed by atoms with Crippen LogP contribution in [0, 0.1) is 0 Å². The van der Waals surface area contributed by atoms with Crippen molar-refractivity contribution in [1.29, 1.82) is 0 Å². The van der Waals surface area contributed by atoms with Crippen LogP contribution in [-0.4, -0.2) is 53.1 Å². The molecule has 2 aliphatic heterocycles. The lowest BCUT2D eigenvalue weighted by Gasteiger charge is -2.37. The van der Waals surface area contributed by atoms with Crippen molar-refractivity contribution in [2.24, 2.45) is 4.99 Å². The summed E-state index contributed by atoms with van der Waals surface area (Å²) in [6.45, 7) is 5.30. The van der Waals surface area contributed by atoms with Crippen molar-refractivity contribution in [2.45, 2.75) is 22.9 Å². The number of hydrogen-bond donors (Lipinski definition) is 1. The highest BCUT2D eigenvalue weighted by Gasteiger charge is 2.26. The van der Waals surface area contributed by atoms with Gasteiger partial charge < -0.3 is 10.0 Å². The van der Waals surface area contributed by atoms with E-state index in [0.717, 1.165) is 37.7 Å². The third-order valence-corrected chi connectivity index (χ3v) is 5.72. The van der Waals surface area contributed by atoms with Gasteiger partial charge in [-0.05, 0) is 25.1 Å². The minimum absolute atomic E-state index is 0.383. The molecule has 0 spiro atoms. The molecule has 0 radical (unpaired) electrons. The van der Waals surface area contributed by atoms with E-state index in [2.05, 4.69) is 52.3 Å². The van der Waals surface area contributed by atoms with Gasteiger partial charge in [0.25, 0.3) is 0 Å². The summed E-state index contributed by atoms with van der Waals surface area (Å²) in [5, 5.41) is 9.78. The van der Waals surface area contributed by atoms with E-state index in [-0.39, 0.29) is 6.23 Å². The molecule has 2 aromatic carbocycles. The molecule has 1 atom stereocenters. The van der Waals surface area contributed by atoms with Gasteiger partial charge in [-0.3, -0.25) is 4.90 Å². The van der Waals surface area contributed by atoms with Crippen LogP contribution in [0.1, 0.15) is 12.5 Å². The zero-order valence-electron chi connectivity index (χ0n) is 13.7. The molecule has 1 fully saturated rings. The van der Waals surface area contributed by atoms with Crippen molar-refractivity contribution in [3.63, 3.8) is 0 Å². The Balaban J connectivity index is 1.72. The summed E-state index contributed by atoms with van der Waals surface area (Å²) in [7, 11) is 0. The van der Waals surface area contributed by atoms with E-state index >= 15 is 0 Å². The van der Waals surface area contributed by atoms with Crippen LogP contribution in [0.5, 0.6) is 0 Å². The Labute approximate surface area is 146 Å². The summed E-state index contributed by atoms with van der Waals surface area (Å²) in [5.74, 6) is 1.05. The van der Waals surface area contributed by atoms with Gasteiger partial charge in [-0.2, -0.15) is 0 Å². The van der Waals surface area contributed by atoms with Gasteiger partial charge in [0.1, 0.15) is 12.1 Å². The van der Waals surface area contributed by atoms with Crippen molar-refractivity contribution in [2.75, 3.05) is 26.2 Å². The Bertz CT molecular complexity index is 767. The lowest BCUT2D eigenvalue weighted by atomic mass is 10.1. The molecule has 0 saturated carbocycles.